The van der Waals surface area contributed by atoms with E-state index in [2.05, 4.69) is 35.8 Å². The first-order valence-corrected chi connectivity index (χ1v) is 8.11. The summed E-state index contributed by atoms with van der Waals surface area (Å²) in [6.45, 7) is 2.82. The molecule has 1 aromatic heterocycles. The van der Waals surface area contributed by atoms with Crippen molar-refractivity contribution in [1.29, 1.82) is 0 Å². The predicted octanol–water partition coefficient (Wildman–Crippen LogP) is 4.16. The molecule has 0 spiro atoms. The number of methoxy groups -OCH3 is 2. The van der Waals surface area contributed by atoms with E-state index in [1.54, 1.807) is 6.08 Å². The molecule has 0 N–H and O–H groups in total. The number of esters is 1. The highest BCUT2D eigenvalue weighted by Gasteiger charge is 2.12. The van der Waals surface area contributed by atoms with E-state index in [1.807, 2.05) is 30.3 Å². The van der Waals surface area contributed by atoms with Crippen molar-refractivity contribution >= 4 is 22.9 Å². The van der Waals surface area contributed by atoms with Crippen molar-refractivity contribution in [3.05, 3.63) is 77.2 Å². The van der Waals surface area contributed by atoms with Gasteiger partial charge in [0, 0.05) is 17.8 Å². The fraction of sp³-hybridized carbons (Fsp3) is 0.190. The average Bonchev–Trinajstić information content (AvgIpc) is 2.95. The normalized spacial score (nSPS) is 11.6. The molecule has 0 aliphatic carbocycles. The molecule has 3 aromatic rings. The van der Waals surface area contributed by atoms with E-state index in [4.69, 9.17) is 9.47 Å². The van der Waals surface area contributed by atoms with Gasteiger partial charge in [0.1, 0.15) is 0 Å². The Hall–Kier alpha value is -3.01. The zero-order valence-corrected chi connectivity index (χ0v) is 14.7. The summed E-state index contributed by atoms with van der Waals surface area (Å²) in [6.07, 6.45) is 1.72. The Balaban J connectivity index is 2.03. The van der Waals surface area contributed by atoms with Gasteiger partial charge in [0.25, 0.3) is 0 Å². The lowest BCUT2D eigenvalue weighted by Gasteiger charge is -2.12. The molecular weight excluding hydrogens is 314 g/mol. The summed E-state index contributed by atoms with van der Waals surface area (Å²) >= 11 is 0. The van der Waals surface area contributed by atoms with Crippen LogP contribution in [0.25, 0.3) is 17.0 Å². The molecule has 2 aromatic carbocycles. The number of nitrogens with zero attached hydrogens (tertiary/aromatic N) is 1. The molecule has 0 atom stereocenters. The molecule has 25 heavy (non-hydrogen) atoms. The van der Waals surface area contributed by atoms with Gasteiger partial charge >= 0.3 is 5.97 Å². The minimum absolute atomic E-state index is 0.184. The van der Waals surface area contributed by atoms with Gasteiger partial charge < -0.3 is 14.0 Å². The van der Waals surface area contributed by atoms with E-state index in [-0.39, 0.29) is 5.76 Å². The third kappa shape index (κ3) is 3.43. The number of aromatic nitrogens is 1. The quantitative estimate of drug-likeness (QED) is 0.399. The van der Waals surface area contributed by atoms with E-state index in [9.17, 15) is 4.79 Å². The molecule has 0 aliphatic heterocycles. The van der Waals surface area contributed by atoms with Gasteiger partial charge in [-0.1, -0.05) is 42.5 Å². The molecule has 3 rings (SSSR count). The summed E-state index contributed by atoms with van der Waals surface area (Å²) in [5, 5.41) is 1.22. The number of rotatable bonds is 5. The number of fused-ring (bicyclic) bond motifs is 1. The van der Waals surface area contributed by atoms with Crippen LogP contribution < -0.4 is 0 Å². The van der Waals surface area contributed by atoms with Gasteiger partial charge in [0.15, 0.2) is 0 Å². The third-order valence-corrected chi connectivity index (χ3v) is 4.29. The topological polar surface area (TPSA) is 40.5 Å². The Kier molecular flexibility index (Phi) is 4.89. The van der Waals surface area contributed by atoms with Crippen molar-refractivity contribution in [1.82, 2.24) is 4.57 Å². The van der Waals surface area contributed by atoms with Crippen molar-refractivity contribution in [3.63, 3.8) is 0 Å². The van der Waals surface area contributed by atoms with Crippen LogP contribution in [0.2, 0.25) is 0 Å². The molecule has 0 aliphatic rings. The second-order valence-electron chi connectivity index (χ2n) is 5.83. The molecule has 0 radical (unpaired) electrons. The van der Waals surface area contributed by atoms with Gasteiger partial charge in [0.05, 0.1) is 14.2 Å². The van der Waals surface area contributed by atoms with Crippen molar-refractivity contribution in [2.75, 3.05) is 14.2 Å². The van der Waals surface area contributed by atoms with Gasteiger partial charge in [-0.25, -0.2) is 4.79 Å². The maximum absolute atomic E-state index is 11.8. The Morgan fingerprint density at radius 1 is 1.04 bits per heavy atom. The van der Waals surface area contributed by atoms with Crippen LogP contribution >= 0.6 is 0 Å². The van der Waals surface area contributed by atoms with Crippen LogP contribution in [0.4, 0.5) is 0 Å². The Bertz CT molecular complexity index is 937. The highest BCUT2D eigenvalue weighted by atomic mass is 16.6. The maximum atomic E-state index is 11.8. The van der Waals surface area contributed by atoms with Gasteiger partial charge in [0.2, 0.25) is 5.76 Å². The Labute approximate surface area is 147 Å². The van der Waals surface area contributed by atoms with Gasteiger partial charge in [-0.05, 0) is 41.6 Å². The van der Waals surface area contributed by atoms with Crippen LogP contribution in [0, 0.1) is 6.92 Å². The summed E-state index contributed by atoms with van der Waals surface area (Å²) in [6, 6.07) is 18.5. The molecule has 4 heteroatoms. The molecule has 0 amide bonds. The first-order chi connectivity index (χ1) is 12.1. The lowest BCUT2D eigenvalue weighted by molar-refractivity contribution is -0.139. The maximum Gasteiger partial charge on any atom is 0.373 e. The van der Waals surface area contributed by atoms with Gasteiger partial charge in [-0.15, -0.1) is 0 Å². The summed E-state index contributed by atoms with van der Waals surface area (Å²) in [5.41, 5.74) is 4.42. The van der Waals surface area contributed by atoms with E-state index < -0.39 is 5.97 Å². The van der Waals surface area contributed by atoms with E-state index >= 15 is 0 Å². The van der Waals surface area contributed by atoms with Crippen LogP contribution in [0.15, 0.2) is 60.4 Å². The largest absolute Gasteiger partial charge is 0.490 e. The van der Waals surface area contributed by atoms with Crippen molar-refractivity contribution in [2.45, 2.75) is 13.5 Å². The number of para-hydroxylation sites is 1. The molecular formula is C21H21NO3. The van der Waals surface area contributed by atoms with Crippen LogP contribution in [0.5, 0.6) is 0 Å². The lowest BCUT2D eigenvalue weighted by atomic mass is 10.1. The summed E-state index contributed by atoms with van der Waals surface area (Å²) in [5.74, 6) is -0.302. The van der Waals surface area contributed by atoms with Crippen LogP contribution in [-0.4, -0.2) is 24.8 Å². The molecule has 0 saturated carbocycles. The van der Waals surface area contributed by atoms with Crippen LogP contribution in [-0.2, 0) is 20.8 Å². The molecule has 0 bridgehead atoms. The minimum Gasteiger partial charge on any atom is -0.490 e. The zero-order valence-electron chi connectivity index (χ0n) is 14.7. The standard InChI is InChI=1S/C21H21NO3/c1-15-12-17-9-6-7-11-19(17)22(15)14-18-10-5-4-8-16(18)13-20(24-2)21(23)25-3/h4-13H,14H2,1-3H3. The van der Waals surface area contributed by atoms with Gasteiger partial charge in [-0.2, -0.15) is 0 Å². The zero-order chi connectivity index (χ0) is 17.8. The van der Waals surface area contributed by atoms with E-state index in [0.29, 0.717) is 6.54 Å². The fourth-order valence-electron chi connectivity index (χ4n) is 2.99. The summed E-state index contributed by atoms with van der Waals surface area (Å²) in [4.78, 5) is 11.8. The monoisotopic (exact) mass is 335 g/mol. The second-order valence-corrected chi connectivity index (χ2v) is 5.83. The summed E-state index contributed by atoms with van der Waals surface area (Å²) < 4.78 is 12.2. The number of carbonyl (C=O) groups excluding carboxylic acids is 1. The first kappa shape index (κ1) is 16.8. The lowest BCUT2D eigenvalue weighted by Crippen LogP contribution is -2.07. The van der Waals surface area contributed by atoms with Crippen LogP contribution in [0.3, 0.4) is 0 Å². The number of benzene rings is 2. The van der Waals surface area contributed by atoms with Crippen molar-refractivity contribution in [2.24, 2.45) is 0 Å². The molecule has 4 nitrogen and oxygen atoms in total. The number of ether oxygens (including phenoxy) is 2. The number of aryl methyl sites for hydroxylation is 1. The number of hydrogen-bond donors (Lipinski definition) is 0. The van der Waals surface area contributed by atoms with E-state index in [1.165, 1.54) is 30.8 Å². The van der Waals surface area contributed by atoms with Crippen molar-refractivity contribution < 1.29 is 14.3 Å². The second kappa shape index (κ2) is 7.26. The fourth-order valence-corrected chi connectivity index (χ4v) is 2.99. The molecule has 0 saturated heterocycles. The molecule has 128 valence electrons. The molecule has 0 unspecified atom stereocenters. The summed E-state index contributed by atoms with van der Waals surface area (Å²) in [7, 11) is 2.81. The first-order valence-electron chi connectivity index (χ1n) is 8.11. The predicted molar refractivity (Wildman–Crippen MR) is 99.2 cm³/mol. The third-order valence-electron chi connectivity index (χ3n) is 4.29. The SMILES string of the molecule is COC(=O)C(=Cc1ccccc1Cn1c(C)cc2ccccc21)OC. The molecule has 1 heterocycles. The molecule has 0 fully saturated rings. The average molecular weight is 335 g/mol. The highest BCUT2D eigenvalue weighted by Crippen LogP contribution is 2.23. The smallest absolute Gasteiger partial charge is 0.373 e. The van der Waals surface area contributed by atoms with E-state index in [0.717, 1.165) is 11.1 Å². The Morgan fingerprint density at radius 2 is 1.76 bits per heavy atom. The van der Waals surface area contributed by atoms with Crippen LogP contribution in [0.1, 0.15) is 16.8 Å². The minimum atomic E-state index is -0.486. The van der Waals surface area contributed by atoms with Gasteiger partial charge in [-0.3, -0.25) is 0 Å². The number of carbonyl (C=O) groups is 1. The van der Waals surface area contributed by atoms with Crippen molar-refractivity contribution in [3.8, 4) is 0 Å². The number of hydrogen-bond acceptors (Lipinski definition) is 3. The Morgan fingerprint density at radius 3 is 2.52 bits per heavy atom. The highest BCUT2D eigenvalue weighted by molar-refractivity contribution is 5.91.